The van der Waals surface area contributed by atoms with Crippen molar-refractivity contribution in [2.24, 2.45) is 0 Å². The van der Waals surface area contributed by atoms with E-state index in [9.17, 15) is 4.79 Å². The van der Waals surface area contributed by atoms with Crippen molar-refractivity contribution in [3.05, 3.63) is 28.5 Å². The molecule has 1 N–H and O–H groups in total. The number of nitrogens with zero attached hydrogens (tertiary/aromatic N) is 2. The number of aliphatic hydroxyl groups excluding tert-OH is 1. The molecule has 2 heterocycles. The zero-order valence-corrected chi connectivity index (χ0v) is 12.3. The molecule has 1 aromatic rings. The molecule has 1 aromatic heterocycles. The third kappa shape index (κ3) is 3.91. The summed E-state index contributed by atoms with van der Waals surface area (Å²) in [4.78, 5) is 18.3. The van der Waals surface area contributed by atoms with Gasteiger partial charge in [-0.15, -0.1) is 0 Å². The van der Waals surface area contributed by atoms with Crippen molar-refractivity contribution in [1.29, 1.82) is 0 Å². The van der Waals surface area contributed by atoms with Gasteiger partial charge in [0.05, 0.1) is 19.3 Å². The number of aliphatic hydroxyl groups is 1. The second-order valence-corrected chi connectivity index (χ2v) is 5.29. The summed E-state index contributed by atoms with van der Waals surface area (Å²) in [5.74, 6) is -0.0157. The molecule has 110 valence electrons. The lowest BCUT2D eigenvalue weighted by Gasteiger charge is -2.32. The SMILES string of the molecule is Cc1cc(C(=O)N2CCC(OCCO)CC2)cc(Cl)n1. The Bertz CT molecular complexity index is 453. The molecule has 0 aromatic carbocycles. The smallest absolute Gasteiger partial charge is 0.254 e. The minimum absolute atomic E-state index is 0.0157. The van der Waals surface area contributed by atoms with Gasteiger partial charge in [0.1, 0.15) is 5.15 Å². The van der Waals surface area contributed by atoms with E-state index in [1.54, 1.807) is 12.1 Å². The molecular formula is C14H19ClN2O3. The number of piperidine rings is 1. The summed E-state index contributed by atoms with van der Waals surface area (Å²) in [6.07, 6.45) is 1.72. The van der Waals surface area contributed by atoms with Gasteiger partial charge in [0, 0.05) is 24.3 Å². The molecule has 1 aliphatic heterocycles. The number of hydrogen-bond donors (Lipinski definition) is 1. The Balaban J connectivity index is 1.94. The summed E-state index contributed by atoms with van der Waals surface area (Å²) in [6.45, 7) is 3.53. The van der Waals surface area contributed by atoms with Gasteiger partial charge in [-0.05, 0) is 31.9 Å². The molecule has 1 fully saturated rings. The third-order valence-electron chi connectivity index (χ3n) is 3.34. The fourth-order valence-electron chi connectivity index (χ4n) is 2.38. The molecule has 6 heteroatoms. The first-order valence-electron chi connectivity index (χ1n) is 6.76. The summed E-state index contributed by atoms with van der Waals surface area (Å²) < 4.78 is 5.49. The van der Waals surface area contributed by atoms with Gasteiger partial charge >= 0.3 is 0 Å². The van der Waals surface area contributed by atoms with Gasteiger partial charge in [-0.25, -0.2) is 4.98 Å². The van der Waals surface area contributed by atoms with Crippen molar-refractivity contribution in [3.8, 4) is 0 Å². The number of pyridine rings is 1. The highest BCUT2D eigenvalue weighted by atomic mass is 35.5. The first kappa shape index (κ1) is 15.2. The van der Waals surface area contributed by atoms with Crippen LogP contribution in [0.15, 0.2) is 12.1 Å². The molecule has 20 heavy (non-hydrogen) atoms. The first-order chi connectivity index (χ1) is 9.60. The molecular weight excluding hydrogens is 280 g/mol. The van der Waals surface area contributed by atoms with Crippen molar-refractivity contribution in [1.82, 2.24) is 9.88 Å². The molecule has 0 bridgehead atoms. The van der Waals surface area contributed by atoms with Gasteiger partial charge in [0.2, 0.25) is 0 Å². The number of aromatic nitrogens is 1. The number of amides is 1. The Kier molecular flexibility index (Phi) is 5.34. The molecule has 0 spiro atoms. The number of ether oxygens (including phenoxy) is 1. The average molecular weight is 299 g/mol. The van der Waals surface area contributed by atoms with Gasteiger partial charge < -0.3 is 14.7 Å². The van der Waals surface area contributed by atoms with E-state index in [0.29, 0.717) is 30.4 Å². The van der Waals surface area contributed by atoms with Crippen LogP contribution in [0.1, 0.15) is 28.9 Å². The van der Waals surface area contributed by atoms with Gasteiger partial charge in [0.15, 0.2) is 0 Å². The molecule has 5 nitrogen and oxygen atoms in total. The van der Waals surface area contributed by atoms with Crippen LogP contribution in [0.5, 0.6) is 0 Å². The van der Waals surface area contributed by atoms with Crippen LogP contribution >= 0.6 is 11.6 Å². The Morgan fingerprint density at radius 3 is 2.80 bits per heavy atom. The van der Waals surface area contributed by atoms with Crippen LogP contribution in [0, 0.1) is 6.92 Å². The van der Waals surface area contributed by atoms with E-state index in [-0.39, 0.29) is 18.6 Å². The lowest BCUT2D eigenvalue weighted by Crippen LogP contribution is -2.41. The monoisotopic (exact) mass is 298 g/mol. The molecule has 1 saturated heterocycles. The van der Waals surface area contributed by atoms with E-state index in [1.165, 1.54) is 0 Å². The predicted molar refractivity (Wildman–Crippen MR) is 75.9 cm³/mol. The van der Waals surface area contributed by atoms with Crippen molar-refractivity contribution in [3.63, 3.8) is 0 Å². The molecule has 0 aliphatic carbocycles. The van der Waals surface area contributed by atoms with E-state index in [1.807, 2.05) is 11.8 Å². The van der Waals surface area contributed by atoms with E-state index in [0.717, 1.165) is 18.5 Å². The normalized spacial score (nSPS) is 16.4. The minimum Gasteiger partial charge on any atom is -0.394 e. The summed E-state index contributed by atoms with van der Waals surface area (Å²) in [6, 6.07) is 3.35. The van der Waals surface area contributed by atoms with Crippen LogP contribution < -0.4 is 0 Å². The Morgan fingerprint density at radius 2 is 2.20 bits per heavy atom. The van der Waals surface area contributed by atoms with Crippen molar-refractivity contribution >= 4 is 17.5 Å². The maximum absolute atomic E-state index is 12.4. The number of carbonyl (C=O) groups is 1. The Labute approximate surface area is 123 Å². The zero-order valence-electron chi connectivity index (χ0n) is 11.5. The van der Waals surface area contributed by atoms with E-state index < -0.39 is 0 Å². The van der Waals surface area contributed by atoms with Crippen LogP contribution in [-0.2, 0) is 4.74 Å². The maximum atomic E-state index is 12.4. The molecule has 2 rings (SSSR count). The van der Waals surface area contributed by atoms with Gasteiger partial charge in [-0.1, -0.05) is 11.6 Å². The van der Waals surface area contributed by atoms with E-state index >= 15 is 0 Å². The number of likely N-dealkylation sites (tertiary alicyclic amines) is 1. The summed E-state index contributed by atoms with van der Waals surface area (Å²) in [5, 5.41) is 9.07. The van der Waals surface area contributed by atoms with Crippen LogP contribution in [0.2, 0.25) is 5.15 Å². The summed E-state index contributed by atoms with van der Waals surface area (Å²) in [7, 11) is 0. The number of hydrogen-bond acceptors (Lipinski definition) is 4. The zero-order chi connectivity index (χ0) is 14.5. The number of rotatable bonds is 4. The standard InChI is InChI=1S/C14H19ClN2O3/c1-10-8-11(9-13(15)16-10)14(19)17-4-2-12(3-5-17)20-7-6-18/h8-9,12,18H,2-7H2,1H3. The Morgan fingerprint density at radius 1 is 1.50 bits per heavy atom. The topological polar surface area (TPSA) is 62.7 Å². The lowest BCUT2D eigenvalue weighted by atomic mass is 10.1. The molecule has 0 saturated carbocycles. The number of aryl methyl sites for hydroxylation is 1. The lowest BCUT2D eigenvalue weighted by molar-refractivity contribution is -0.00554. The highest BCUT2D eigenvalue weighted by molar-refractivity contribution is 6.29. The minimum atomic E-state index is -0.0157. The summed E-state index contributed by atoms with van der Waals surface area (Å²) in [5.41, 5.74) is 1.32. The van der Waals surface area contributed by atoms with Crippen LogP contribution in [0.25, 0.3) is 0 Å². The largest absolute Gasteiger partial charge is 0.394 e. The molecule has 0 unspecified atom stereocenters. The second-order valence-electron chi connectivity index (χ2n) is 4.91. The van der Waals surface area contributed by atoms with Crippen LogP contribution in [-0.4, -0.2) is 53.3 Å². The number of carbonyl (C=O) groups excluding carboxylic acids is 1. The molecule has 1 aliphatic rings. The van der Waals surface area contributed by atoms with Crippen LogP contribution in [0.4, 0.5) is 0 Å². The van der Waals surface area contributed by atoms with Gasteiger partial charge in [-0.3, -0.25) is 4.79 Å². The van der Waals surface area contributed by atoms with Gasteiger partial charge in [-0.2, -0.15) is 0 Å². The van der Waals surface area contributed by atoms with E-state index in [2.05, 4.69) is 4.98 Å². The first-order valence-corrected chi connectivity index (χ1v) is 7.14. The quantitative estimate of drug-likeness (QED) is 0.859. The predicted octanol–water partition coefficient (Wildman–Crippen LogP) is 1.66. The molecule has 0 atom stereocenters. The van der Waals surface area contributed by atoms with Crippen molar-refractivity contribution < 1.29 is 14.6 Å². The second kappa shape index (κ2) is 7.02. The molecule has 1 amide bonds. The number of halogens is 1. The summed E-state index contributed by atoms with van der Waals surface area (Å²) >= 11 is 5.89. The highest BCUT2D eigenvalue weighted by Crippen LogP contribution is 2.18. The van der Waals surface area contributed by atoms with Crippen molar-refractivity contribution in [2.75, 3.05) is 26.3 Å². The Hall–Kier alpha value is -1.17. The average Bonchev–Trinajstić information content (AvgIpc) is 2.44. The highest BCUT2D eigenvalue weighted by Gasteiger charge is 2.24. The fourth-order valence-corrected chi connectivity index (χ4v) is 2.63. The maximum Gasteiger partial charge on any atom is 0.254 e. The molecule has 0 radical (unpaired) electrons. The van der Waals surface area contributed by atoms with Crippen molar-refractivity contribution in [2.45, 2.75) is 25.9 Å². The fraction of sp³-hybridized carbons (Fsp3) is 0.571. The van der Waals surface area contributed by atoms with Gasteiger partial charge in [0.25, 0.3) is 5.91 Å². The third-order valence-corrected chi connectivity index (χ3v) is 3.54. The van der Waals surface area contributed by atoms with Crippen LogP contribution in [0.3, 0.4) is 0 Å². The van der Waals surface area contributed by atoms with E-state index in [4.69, 9.17) is 21.4 Å².